The summed E-state index contributed by atoms with van der Waals surface area (Å²) < 4.78 is 0. The smallest absolute Gasteiger partial charge is 0.123 e. The lowest BCUT2D eigenvalue weighted by atomic mass is 10.2. The molecule has 74 valence electrons. The van der Waals surface area contributed by atoms with Crippen molar-refractivity contribution in [3.8, 4) is 0 Å². The van der Waals surface area contributed by atoms with Gasteiger partial charge in [0.2, 0.25) is 0 Å². The molecule has 15 heavy (non-hydrogen) atoms. The summed E-state index contributed by atoms with van der Waals surface area (Å²) in [5.41, 5.74) is 3.55. The van der Waals surface area contributed by atoms with Crippen molar-refractivity contribution in [3.05, 3.63) is 60.2 Å². The van der Waals surface area contributed by atoms with E-state index < -0.39 is 0 Å². The number of nitrogens with one attached hydrogen (secondary N) is 2. The van der Waals surface area contributed by atoms with Crippen LogP contribution in [0.15, 0.2) is 54.6 Å². The van der Waals surface area contributed by atoms with Crippen LogP contribution < -0.4 is 10.6 Å². The van der Waals surface area contributed by atoms with Crippen molar-refractivity contribution in [1.29, 1.82) is 0 Å². The van der Waals surface area contributed by atoms with Crippen molar-refractivity contribution in [1.82, 2.24) is 0 Å². The topological polar surface area (TPSA) is 24.1 Å². The summed E-state index contributed by atoms with van der Waals surface area (Å²) in [6.07, 6.45) is 0.168. The van der Waals surface area contributed by atoms with Gasteiger partial charge < -0.3 is 10.6 Å². The van der Waals surface area contributed by atoms with E-state index in [2.05, 4.69) is 59.2 Å². The molecule has 2 aliphatic rings. The molecule has 2 aromatic carbocycles. The molecule has 2 nitrogen and oxygen atoms in total. The third-order valence-electron chi connectivity index (χ3n) is 2.64. The fourth-order valence-corrected chi connectivity index (χ4v) is 1.84. The van der Waals surface area contributed by atoms with Gasteiger partial charge in [0.05, 0.1) is 0 Å². The first-order valence-corrected chi connectivity index (χ1v) is 5.10. The molecule has 2 heterocycles. The molecule has 2 bridgehead atoms. The molecule has 0 amide bonds. The Labute approximate surface area is 88.9 Å². The van der Waals surface area contributed by atoms with Crippen molar-refractivity contribution >= 4 is 11.4 Å². The minimum atomic E-state index is 0.168. The van der Waals surface area contributed by atoms with Crippen LogP contribution in [0.1, 0.15) is 11.7 Å². The highest BCUT2D eigenvalue weighted by atomic mass is 15.1. The van der Waals surface area contributed by atoms with Crippen LogP contribution >= 0.6 is 0 Å². The standard InChI is InChI=1S/C13H12N2/c1-2-4-10(5-3-1)13-14-11-6-7-12(15-13)9-8-11/h1-9,13-15H. The fraction of sp³-hybridized carbons (Fsp3) is 0.0769. The van der Waals surface area contributed by atoms with Gasteiger partial charge >= 0.3 is 0 Å². The van der Waals surface area contributed by atoms with E-state index >= 15 is 0 Å². The lowest BCUT2D eigenvalue weighted by molar-refractivity contribution is 0.913. The van der Waals surface area contributed by atoms with Gasteiger partial charge in [-0.3, -0.25) is 0 Å². The van der Waals surface area contributed by atoms with Gasteiger partial charge in [0.1, 0.15) is 6.17 Å². The second kappa shape index (κ2) is 3.31. The lowest BCUT2D eigenvalue weighted by Crippen LogP contribution is -2.17. The predicted octanol–water partition coefficient (Wildman–Crippen LogP) is 3.22. The molecule has 0 saturated heterocycles. The Morgan fingerprint density at radius 2 is 1.20 bits per heavy atom. The molecule has 0 radical (unpaired) electrons. The number of anilines is 2. The molecular weight excluding hydrogens is 184 g/mol. The molecule has 4 rings (SSSR count). The van der Waals surface area contributed by atoms with Gasteiger partial charge in [0.15, 0.2) is 0 Å². The molecule has 0 aliphatic carbocycles. The summed E-state index contributed by atoms with van der Waals surface area (Å²) in [6, 6.07) is 18.7. The van der Waals surface area contributed by atoms with E-state index in [4.69, 9.17) is 0 Å². The summed E-state index contributed by atoms with van der Waals surface area (Å²) in [5.74, 6) is 0. The fourth-order valence-electron chi connectivity index (χ4n) is 1.84. The van der Waals surface area contributed by atoms with Gasteiger partial charge in [-0.15, -0.1) is 0 Å². The first-order valence-electron chi connectivity index (χ1n) is 5.10. The molecule has 2 aliphatic heterocycles. The van der Waals surface area contributed by atoms with Gasteiger partial charge in [-0.2, -0.15) is 0 Å². The zero-order valence-corrected chi connectivity index (χ0v) is 8.27. The van der Waals surface area contributed by atoms with Crippen molar-refractivity contribution in [2.45, 2.75) is 6.17 Å². The molecular formula is C13H12N2. The van der Waals surface area contributed by atoms with E-state index in [1.165, 1.54) is 5.56 Å². The van der Waals surface area contributed by atoms with Gasteiger partial charge in [-0.05, 0) is 29.8 Å². The van der Waals surface area contributed by atoms with Gasteiger partial charge in [0, 0.05) is 11.4 Å². The summed E-state index contributed by atoms with van der Waals surface area (Å²) in [7, 11) is 0. The Bertz CT molecular complexity index is 423. The van der Waals surface area contributed by atoms with E-state index in [9.17, 15) is 0 Å². The van der Waals surface area contributed by atoms with E-state index in [0.29, 0.717) is 0 Å². The van der Waals surface area contributed by atoms with Crippen molar-refractivity contribution in [2.75, 3.05) is 10.6 Å². The second-order valence-corrected chi connectivity index (χ2v) is 3.71. The maximum absolute atomic E-state index is 3.43. The Hall–Kier alpha value is -1.96. The molecule has 2 aromatic rings. The molecule has 0 fully saturated rings. The molecule has 0 spiro atoms. The highest BCUT2D eigenvalue weighted by molar-refractivity contribution is 5.60. The number of hydrogen-bond acceptors (Lipinski definition) is 2. The highest BCUT2D eigenvalue weighted by Crippen LogP contribution is 2.27. The first kappa shape index (κ1) is 8.36. The van der Waals surface area contributed by atoms with Crippen LogP contribution in [0, 0.1) is 0 Å². The van der Waals surface area contributed by atoms with Gasteiger partial charge in [-0.25, -0.2) is 0 Å². The third kappa shape index (κ3) is 1.54. The Morgan fingerprint density at radius 3 is 1.73 bits per heavy atom. The average Bonchev–Trinajstić information content (AvgIpc) is 2.63. The number of rotatable bonds is 1. The van der Waals surface area contributed by atoms with Crippen LogP contribution in [0.25, 0.3) is 0 Å². The van der Waals surface area contributed by atoms with Crippen LogP contribution in [0.5, 0.6) is 0 Å². The summed E-state index contributed by atoms with van der Waals surface area (Å²) in [6.45, 7) is 0. The molecule has 0 atom stereocenters. The van der Waals surface area contributed by atoms with E-state index in [0.717, 1.165) is 11.4 Å². The van der Waals surface area contributed by atoms with Gasteiger partial charge in [0.25, 0.3) is 0 Å². The average molecular weight is 196 g/mol. The normalized spacial score (nSPS) is 14.1. The number of fused-ring (bicyclic) bond motifs is 4. The van der Waals surface area contributed by atoms with Crippen molar-refractivity contribution < 1.29 is 0 Å². The van der Waals surface area contributed by atoms with Gasteiger partial charge in [-0.1, -0.05) is 30.3 Å². The lowest BCUT2D eigenvalue weighted by Gasteiger charge is -2.18. The monoisotopic (exact) mass is 196 g/mol. The number of benzene rings is 2. The molecule has 2 heteroatoms. The van der Waals surface area contributed by atoms with Crippen LogP contribution in [0.4, 0.5) is 11.4 Å². The van der Waals surface area contributed by atoms with E-state index in [1.54, 1.807) is 0 Å². The first-order chi connectivity index (χ1) is 7.42. The molecule has 0 unspecified atom stereocenters. The zero-order valence-electron chi connectivity index (χ0n) is 8.27. The van der Waals surface area contributed by atoms with E-state index in [1.807, 2.05) is 6.07 Å². The third-order valence-corrected chi connectivity index (χ3v) is 2.64. The second-order valence-electron chi connectivity index (χ2n) is 3.71. The quantitative estimate of drug-likeness (QED) is 0.731. The Kier molecular flexibility index (Phi) is 1.85. The largest absolute Gasteiger partial charge is 0.362 e. The summed E-state index contributed by atoms with van der Waals surface area (Å²) in [5, 5.41) is 6.87. The Morgan fingerprint density at radius 1 is 0.667 bits per heavy atom. The van der Waals surface area contributed by atoms with E-state index in [-0.39, 0.29) is 6.17 Å². The van der Waals surface area contributed by atoms with Crippen molar-refractivity contribution in [3.63, 3.8) is 0 Å². The molecule has 2 N–H and O–H groups in total. The highest BCUT2D eigenvalue weighted by Gasteiger charge is 2.13. The van der Waals surface area contributed by atoms with Crippen LogP contribution in [0.2, 0.25) is 0 Å². The minimum absolute atomic E-state index is 0.168. The number of hydrogen-bond donors (Lipinski definition) is 2. The Balaban J connectivity index is 1.96. The maximum Gasteiger partial charge on any atom is 0.123 e. The summed E-state index contributed by atoms with van der Waals surface area (Å²) >= 11 is 0. The SMILES string of the molecule is c1ccc(C2Nc3ccc(cc3)N2)cc1. The molecule has 0 aromatic heterocycles. The zero-order chi connectivity index (χ0) is 10.1. The summed E-state index contributed by atoms with van der Waals surface area (Å²) in [4.78, 5) is 0. The van der Waals surface area contributed by atoms with Crippen LogP contribution in [-0.2, 0) is 0 Å². The van der Waals surface area contributed by atoms with Crippen molar-refractivity contribution in [2.24, 2.45) is 0 Å². The van der Waals surface area contributed by atoms with Crippen LogP contribution in [0.3, 0.4) is 0 Å². The molecule has 0 saturated carbocycles. The maximum atomic E-state index is 3.43. The predicted molar refractivity (Wildman–Crippen MR) is 62.9 cm³/mol. The van der Waals surface area contributed by atoms with Crippen LogP contribution in [-0.4, -0.2) is 0 Å². The minimum Gasteiger partial charge on any atom is -0.362 e.